The minimum Gasteiger partial charge on any atom is -0.465 e. The van der Waals surface area contributed by atoms with Crippen molar-refractivity contribution < 1.29 is 22.7 Å². The van der Waals surface area contributed by atoms with E-state index in [1.807, 2.05) is 19.2 Å². The summed E-state index contributed by atoms with van der Waals surface area (Å²) >= 11 is 0. The summed E-state index contributed by atoms with van der Waals surface area (Å²) in [6, 6.07) is 8.01. The highest BCUT2D eigenvalue weighted by molar-refractivity contribution is 7.91. The zero-order valence-corrected chi connectivity index (χ0v) is 33.1. The van der Waals surface area contributed by atoms with Crippen molar-refractivity contribution in [1.82, 2.24) is 15.5 Å². The predicted octanol–water partition coefficient (Wildman–Crippen LogP) is 6.37. The number of amides is 1. The number of sulfone groups is 1. The second-order valence-corrected chi connectivity index (χ2v) is 20.9. The maximum absolute atomic E-state index is 13.6. The van der Waals surface area contributed by atoms with E-state index >= 15 is 0 Å². The van der Waals surface area contributed by atoms with Gasteiger partial charge in [0.05, 0.1) is 24.2 Å². The average molecular weight is 722 g/mol. The molecular formula is C42H63N3O5S. The summed E-state index contributed by atoms with van der Waals surface area (Å²) < 4.78 is 29.0. The smallest absolute Gasteiger partial charge is 0.337 e. The number of ether oxygens (including phenoxy) is 1. The summed E-state index contributed by atoms with van der Waals surface area (Å²) in [7, 11) is 0.343. The summed E-state index contributed by atoms with van der Waals surface area (Å²) in [6.07, 6.45) is 12.7. The average Bonchev–Trinajstić information content (AvgIpc) is 3.48. The van der Waals surface area contributed by atoms with E-state index < -0.39 is 9.84 Å². The highest BCUT2D eigenvalue weighted by atomic mass is 32.2. The Kier molecular flexibility index (Phi) is 9.43. The summed E-state index contributed by atoms with van der Waals surface area (Å²) in [5, 5.41) is 7.17. The van der Waals surface area contributed by atoms with Crippen molar-refractivity contribution in [2.75, 3.05) is 51.8 Å². The first-order chi connectivity index (χ1) is 24.1. The van der Waals surface area contributed by atoms with Gasteiger partial charge in [-0.15, -0.1) is 0 Å². The molecule has 1 amide bonds. The molecule has 0 radical (unpaired) electrons. The molecule has 1 aromatic carbocycles. The van der Waals surface area contributed by atoms with Crippen molar-refractivity contribution in [2.24, 2.45) is 51.2 Å². The molecule has 282 valence electrons. The number of allylic oxidation sites excluding steroid dienone is 2. The van der Waals surface area contributed by atoms with Crippen LogP contribution in [-0.4, -0.2) is 82.6 Å². The zero-order valence-electron chi connectivity index (χ0n) is 32.3. The predicted molar refractivity (Wildman–Crippen MR) is 203 cm³/mol. The fraction of sp³-hybridized carbons (Fsp3) is 0.762. The van der Waals surface area contributed by atoms with Crippen LogP contribution in [0.25, 0.3) is 5.57 Å². The topological polar surface area (TPSA) is 105 Å². The second kappa shape index (κ2) is 13.0. The lowest BCUT2D eigenvalue weighted by atomic mass is 9.33. The van der Waals surface area contributed by atoms with E-state index in [1.54, 1.807) is 0 Å². The molecule has 51 heavy (non-hydrogen) atoms. The largest absolute Gasteiger partial charge is 0.465 e. The lowest BCUT2D eigenvalue weighted by Crippen LogP contribution is -2.68. The van der Waals surface area contributed by atoms with Crippen LogP contribution in [0.3, 0.4) is 0 Å². The Bertz CT molecular complexity index is 1660. The van der Waals surface area contributed by atoms with Gasteiger partial charge in [-0.25, -0.2) is 13.2 Å². The van der Waals surface area contributed by atoms with E-state index in [0.29, 0.717) is 42.3 Å². The molecule has 6 aliphatic rings. The molecule has 2 N–H and O–H groups in total. The van der Waals surface area contributed by atoms with E-state index in [1.165, 1.54) is 50.4 Å². The summed E-state index contributed by atoms with van der Waals surface area (Å²) in [5.74, 6) is 2.43. The van der Waals surface area contributed by atoms with Crippen molar-refractivity contribution in [3.05, 3.63) is 41.5 Å². The first-order valence-electron chi connectivity index (χ1n) is 19.8. The van der Waals surface area contributed by atoms with Gasteiger partial charge in [0.25, 0.3) is 0 Å². The summed E-state index contributed by atoms with van der Waals surface area (Å²) in [4.78, 5) is 28.1. The first kappa shape index (κ1) is 37.1. The van der Waals surface area contributed by atoms with Gasteiger partial charge in [-0.1, -0.05) is 52.8 Å². The molecular weight excluding hydrogens is 659 g/mol. The minimum atomic E-state index is -2.90. The molecule has 1 aliphatic heterocycles. The standard InChI is InChI=1S/C42H63N3O5S/c1-38(2)31(28-8-10-29(11-9-28)37(47)50-7)15-17-39(3)33(38)16-18-41(5)34(39)13-12-32-35-30(36(46)43-6)14-19-42(35,21-20-40(32,41)4)44-22-23-45-24-26-51(48,49)27-25-45/h8-11,15,30,32-35,44H,12-14,16-27H2,1-7H3,(H,43,46)/t30-,32-,33+,34-,35-,39+,40-,41-,42+/m1/s1. The number of methoxy groups -OCH3 is 1. The first-order valence-corrected chi connectivity index (χ1v) is 21.7. The molecule has 0 bridgehead atoms. The fourth-order valence-corrected chi connectivity index (χ4v) is 15.1. The molecule has 5 fully saturated rings. The third-order valence-electron chi connectivity index (χ3n) is 16.6. The maximum Gasteiger partial charge on any atom is 0.337 e. The number of nitrogens with zero attached hydrogens (tertiary/aromatic N) is 1. The van der Waals surface area contributed by atoms with Crippen LogP contribution in [0.2, 0.25) is 0 Å². The number of hydrogen-bond acceptors (Lipinski definition) is 7. The van der Waals surface area contributed by atoms with E-state index in [4.69, 9.17) is 4.74 Å². The van der Waals surface area contributed by atoms with Gasteiger partial charge >= 0.3 is 5.97 Å². The quantitative estimate of drug-likeness (QED) is 0.316. The molecule has 1 heterocycles. The number of benzene rings is 1. The molecule has 0 spiro atoms. The zero-order chi connectivity index (χ0) is 36.6. The van der Waals surface area contributed by atoms with Crippen LogP contribution >= 0.6 is 0 Å². The van der Waals surface area contributed by atoms with Crippen molar-refractivity contribution >= 4 is 27.3 Å². The molecule has 1 aromatic rings. The minimum absolute atomic E-state index is 0.00118. The highest BCUT2D eigenvalue weighted by Gasteiger charge is 2.70. The van der Waals surface area contributed by atoms with Gasteiger partial charge in [0.1, 0.15) is 0 Å². The van der Waals surface area contributed by atoms with Gasteiger partial charge in [0, 0.05) is 44.7 Å². The monoisotopic (exact) mass is 721 g/mol. The number of fused-ring (bicyclic) bond motifs is 7. The van der Waals surface area contributed by atoms with Crippen molar-refractivity contribution in [1.29, 1.82) is 0 Å². The van der Waals surface area contributed by atoms with Crippen LogP contribution in [-0.2, 0) is 19.4 Å². The second-order valence-electron chi connectivity index (χ2n) is 18.6. The number of nitrogens with one attached hydrogen (secondary N) is 2. The van der Waals surface area contributed by atoms with Gasteiger partial charge in [0.2, 0.25) is 5.91 Å². The van der Waals surface area contributed by atoms with E-state index in [-0.39, 0.29) is 56.5 Å². The summed E-state index contributed by atoms with van der Waals surface area (Å²) in [6.45, 7) is 15.8. The Morgan fingerprint density at radius 1 is 0.882 bits per heavy atom. The summed E-state index contributed by atoms with van der Waals surface area (Å²) in [5.41, 5.74) is 3.68. The molecule has 9 heteroatoms. The number of carbonyl (C=O) groups excluding carboxylic acids is 2. The van der Waals surface area contributed by atoms with E-state index in [2.05, 4.69) is 68.4 Å². The SMILES string of the molecule is CNC(=O)[C@@H]1CC[C@]2(NCCN3CCS(=O)(=O)CC3)CC[C@]3(C)[C@H](CC[C@@H]4[C@@]5(C)CC=C(c6ccc(C(=O)OC)cc6)C(C)(C)[C@@H]5CC[C@]43C)[C@@H]12. The Hall–Kier alpha value is -2.23. The van der Waals surface area contributed by atoms with Gasteiger partial charge in [0.15, 0.2) is 9.84 Å². The van der Waals surface area contributed by atoms with E-state index in [0.717, 1.165) is 38.8 Å². The molecule has 7 rings (SSSR count). The van der Waals surface area contributed by atoms with Gasteiger partial charge in [-0.2, -0.15) is 0 Å². The van der Waals surface area contributed by atoms with Crippen LogP contribution in [0.5, 0.6) is 0 Å². The van der Waals surface area contributed by atoms with Crippen molar-refractivity contribution in [3.8, 4) is 0 Å². The fourth-order valence-electron chi connectivity index (χ4n) is 13.8. The molecule has 9 atom stereocenters. The molecule has 0 aromatic heterocycles. The Morgan fingerprint density at radius 3 is 2.25 bits per heavy atom. The Morgan fingerprint density at radius 2 is 1.59 bits per heavy atom. The lowest BCUT2D eigenvalue weighted by molar-refractivity contribution is -0.220. The van der Waals surface area contributed by atoms with Gasteiger partial charge in [-0.05, 0) is 126 Å². The van der Waals surface area contributed by atoms with Crippen LogP contribution in [0.4, 0.5) is 0 Å². The third kappa shape index (κ3) is 5.76. The molecule has 5 aliphatic carbocycles. The number of carbonyl (C=O) groups is 2. The van der Waals surface area contributed by atoms with E-state index in [9.17, 15) is 18.0 Å². The number of rotatable bonds is 7. The van der Waals surface area contributed by atoms with Crippen LogP contribution < -0.4 is 10.6 Å². The lowest BCUT2D eigenvalue weighted by Gasteiger charge is -2.72. The molecule has 1 saturated heterocycles. The van der Waals surface area contributed by atoms with Crippen LogP contribution in [0.1, 0.15) is 108 Å². The van der Waals surface area contributed by atoms with Gasteiger partial charge in [-0.3, -0.25) is 4.79 Å². The number of hydrogen-bond donors (Lipinski definition) is 2. The molecule has 0 unspecified atom stereocenters. The number of esters is 1. The van der Waals surface area contributed by atoms with Crippen LogP contribution in [0, 0.1) is 51.2 Å². The maximum atomic E-state index is 13.6. The third-order valence-corrected chi connectivity index (χ3v) is 18.2. The Balaban J connectivity index is 1.15. The highest BCUT2D eigenvalue weighted by Crippen LogP contribution is 2.76. The van der Waals surface area contributed by atoms with Crippen molar-refractivity contribution in [2.45, 2.75) is 97.9 Å². The normalized spacial score (nSPS) is 41.2. The Labute approximate surface area is 307 Å². The molecule has 8 nitrogen and oxygen atoms in total. The molecule has 4 saturated carbocycles. The van der Waals surface area contributed by atoms with Crippen LogP contribution in [0.15, 0.2) is 30.3 Å². The van der Waals surface area contributed by atoms with Gasteiger partial charge < -0.3 is 20.3 Å². The van der Waals surface area contributed by atoms with Crippen molar-refractivity contribution in [3.63, 3.8) is 0 Å².